The van der Waals surface area contributed by atoms with E-state index in [4.69, 9.17) is 0 Å². The Kier molecular flexibility index (Phi) is 9.33. The smallest absolute Gasteiger partial charge is 0.244 e. The Morgan fingerprint density at radius 2 is 1.79 bits per heavy atom. The molecule has 0 bridgehead atoms. The number of hydrogen-bond acceptors (Lipinski definition) is 4. The lowest BCUT2D eigenvalue weighted by Crippen LogP contribution is -2.51. The summed E-state index contributed by atoms with van der Waals surface area (Å²) in [6.45, 7) is 2.96. The quantitative estimate of drug-likeness (QED) is 0.500. The summed E-state index contributed by atoms with van der Waals surface area (Å²) >= 11 is 0. The number of hydrogen-bond donors (Lipinski definition) is 1. The number of sulfonamides is 1. The second-order valence-electron chi connectivity index (χ2n) is 7.68. The summed E-state index contributed by atoms with van der Waals surface area (Å²) in [6, 6.07) is 9.66. The molecule has 2 aromatic rings. The standard InChI is InChI=1S/C23H29F2N3O4S/c1-4-5-13-26-23(30)17(2)27(15-18-9-6-7-12-21(18)25)22(29)16-28(33(3,31)32)20-11-8-10-19(24)14-20/h6-12,14,17H,4-5,13,15-16H2,1-3H3,(H,26,30)/t17-/m0/s1. The molecule has 0 spiro atoms. The van der Waals surface area contributed by atoms with Gasteiger partial charge in [0.05, 0.1) is 11.9 Å². The predicted molar refractivity (Wildman–Crippen MR) is 123 cm³/mol. The summed E-state index contributed by atoms with van der Waals surface area (Å²) in [7, 11) is -3.96. The molecule has 2 aromatic carbocycles. The molecule has 1 atom stereocenters. The number of carbonyl (C=O) groups excluding carboxylic acids is 2. The Balaban J connectivity index is 2.36. The van der Waals surface area contributed by atoms with E-state index < -0.39 is 46.1 Å². The SMILES string of the molecule is CCCCNC(=O)[C@H](C)N(Cc1ccccc1F)C(=O)CN(c1cccc(F)c1)S(C)(=O)=O. The number of rotatable bonds is 11. The molecular weight excluding hydrogens is 452 g/mol. The minimum absolute atomic E-state index is 0.0308. The molecule has 0 aliphatic heterocycles. The van der Waals surface area contributed by atoms with E-state index >= 15 is 0 Å². The van der Waals surface area contributed by atoms with Gasteiger partial charge in [0, 0.05) is 18.7 Å². The molecule has 0 saturated heterocycles. The van der Waals surface area contributed by atoms with Crippen LogP contribution in [0.2, 0.25) is 0 Å². The van der Waals surface area contributed by atoms with Crippen molar-refractivity contribution >= 4 is 27.5 Å². The van der Waals surface area contributed by atoms with Gasteiger partial charge in [-0.15, -0.1) is 0 Å². The Labute approximate surface area is 193 Å². The minimum Gasteiger partial charge on any atom is -0.354 e. The van der Waals surface area contributed by atoms with Crippen LogP contribution in [0.3, 0.4) is 0 Å². The summed E-state index contributed by atoms with van der Waals surface area (Å²) < 4.78 is 53.5. The Hall–Kier alpha value is -3.01. The van der Waals surface area contributed by atoms with Crippen LogP contribution in [0.15, 0.2) is 48.5 Å². The molecule has 10 heteroatoms. The molecule has 0 saturated carbocycles. The number of benzene rings is 2. The Bertz CT molecular complexity index is 1080. The molecule has 0 unspecified atom stereocenters. The second kappa shape index (κ2) is 11.7. The Morgan fingerprint density at radius 1 is 1.09 bits per heavy atom. The summed E-state index contributed by atoms with van der Waals surface area (Å²) in [5.74, 6) is -2.39. The van der Waals surface area contributed by atoms with E-state index in [1.165, 1.54) is 37.3 Å². The lowest BCUT2D eigenvalue weighted by atomic mass is 10.1. The third kappa shape index (κ3) is 7.52. The summed E-state index contributed by atoms with van der Waals surface area (Å²) in [6.07, 6.45) is 2.51. The third-order valence-electron chi connectivity index (χ3n) is 5.07. The lowest BCUT2D eigenvalue weighted by molar-refractivity contribution is -0.139. The normalized spacial score (nSPS) is 12.2. The fourth-order valence-corrected chi connectivity index (χ4v) is 4.02. The first kappa shape index (κ1) is 26.2. The van der Waals surface area contributed by atoms with Crippen LogP contribution in [-0.4, -0.2) is 50.5 Å². The van der Waals surface area contributed by atoms with Crippen LogP contribution in [0, 0.1) is 11.6 Å². The van der Waals surface area contributed by atoms with Gasteiger partial charge in [0.1, 0.15) is 24.2 Å². The van der Waals surface area contributed by atoms with Crippen molar-refractivity contribution < 1.29 is 26.8 Å². The molecule has 180 valence electrons. The van der Waals surface area contributed by atoms with Gasteiger partial charge in [-0.3, -0.25) is 13.9 Å². The number of nitrogens with zero attached hydrogens (tertiary/aromatic N) is 2. The molecule has 0 heterocycles. The van der Waals surface area contributed by atoms with Crippen LogP contribution in [-0.2, 0) is 26.2 Å². The minimum atomic E-state index is -3.96. The highest BCUT2D eigenvalue weighted by Crippen LogP contribution is 2.20. The topological polar surface area (TPSA) is 86.8 Å². The number of halogens is 2. The van der Waals surface area contributed by atoms with Gasteiger partial charge in [-0.1, -0.05) is 37.6 Å². The molecule has 0 radical (unpaired) electrons. The molecule has 1 N–H and O–H groups in total. The van der Waals surface area contributed by atoms with Gasteiger partial charge in [0.15, 0.2) is 0 Å². The lowest BCUT2D eigenvalue weighted by Gasteiger charge is -2.31. The van der Waals surface area contributed by atoms with Crippen LogP contribution < -0.4 is 9.62 Å². The van der Waals surface area contributed by atoms with Crippen molar-refractivity contribution in [3.05, 3.63) is 65.7 Å². The summed E-state index contributed by atoms with van der Waals surface area (Å²) in [5.41, 5.74) is 0.146. The second-order valence-corrected chi connectivity index (χ2v) is 9.59. The summed E-state index contributed by atoms with van der Waals surface area (Å²) in [4.78, 5) is 27.1. The van der Waals surface area contributed by atoms with Gasteiger partial charge in [-0.25, -0.2) is 17.2 Å². The highest BCUT2D eigenvalue weighted by Gasteiger charge is 2.30. The number of unbranched alkanes of at least 4 members (excludes halogenated alkanes) is 1. The van der Waals surface area contributed by atoms with E-state index in [1.54, 1.807) is 6.07 Å². The monoisotopic (exact) mass is 481 g/mol. The van der Waals surface area contributed by atoms with E-state index in [2.05, 4.69) is 5.32 Å². The van der Waals surface area contributed by atoms with E-state index in [-0.39, 0.29) is 17.8 Å². The van der Waals surface area contributed by atoms with Gasteiger partial charge < -0.3 is 10.2 Å². The maximum absolute atomic E-state index is 14.3. The number of anilines is 1. The van der Waals surface area contributed by atoms with Gasteiger partial charge in [0.2, 0.25) is 21.8 Å². The molecule has 33 heavy (non-hydrogen) atoms. The number of nitrogens with one attached hydrogen (secondary N) is 1. The fraction of sp³-hybridized carbons (Fsp3) is 0.391. The van der Waals surface area contributed by atoms with Crippen molar-refractivity contribution in [2.45, 2.75) is 39.3 Å². The molecule has 0 aliphatic carbocycles. The molecule has 0 fully saturated rings. The highest BCUT2D eigenvalue weighted by molar-refractivity contribution is 7.92. The van der Waals surface area contributed by atoms with Crippen molar-refractivity contribution in [3.63, 3.8) is 0 Å². The summed E-state index contributed by atoms with van der Waals surface area (Å²) in [5, 5.41) is 2.73. The third-order valence-corrected chi connectivity index (χ3v) is 6.21. The average Bonchev–Trinajstić information content (AvgIpc) is 2.75. The number of carbonyl (C=O) groups is 2. The zero-order valence-corrected chi connectivity index (χ0v) is 19.7. The van der Waals surface area contributed by atoms with Gasteiger partial charge in [0.25, 0.3) is 0 Å². The molecule has 0 aromatic heterocycles. The van der Waals surface area contributed by atoms with E-state index in [0.717, 1.165) is 40.4 Å². The van der Waals surface area contributed by atoms with Crippen LogP contribution >= 0.6 is 0 Å². The number of amides is 2. The zero-order chi connectivity index (χ0) is 24.6. The van der Waals surface area contributed by atoms with E-state index in [1.807, 2.05) is 6.92 Å². The van der Waals surface area contributed by atoms with Crippen molar-refractivity contribution in [2.75, 3.05) is 23.7 Å². The van der Waals surface area contributed by atoms with Crippen molar-refractivity contribution in [2.24, 2.45) is 0 Å². The molecular formula is C23H29F2N3O4S. The fourth-order valence-electron chi connectivity index (χ4n) is 3.17. The van der Waals surface area contributed by atoms with Crippen LogP contribution in [0.25, 0.3) is 0 Å². The van der Waals surface area contributed by atoms with Gasteiger partial charge in [-0.05, 0) is 37.6 Å². The van der Waals surface area contributed by atoms with Gasteiger partial charge in [-0.2, -0.15) is 0 Å². The molecule has 2 amide bonds. The average molecular weight is 482 g/mol. The predicted octanol–water partition coefficient (Wildman–Crippen LogP) is 3.06. The molecule has 0 aliphatic rings. The van der Waals surface area contributed by atoms with E-state index in [9.17, 15) is 26.8 Å². The highest BCUT2D eigenvalue weighted by atomic mass is 32.2. The molecule has 7 nitrogen and oxygen atoms in total. The first-order valence-electron chi connectivity index (χ1n) is 10.6. The first-order valence-corrected chi connectivity index (χ1v) is 12.4. The Morgan fingerprint density at radius 3 is 2.39 bits per heavy atom. The van der Waals surface area contributed by atoms with Crippen LogP contribution in [0.5, 0.6) is 0 Å². The van der Waals surface area contributed by atoms with Crippen LogP contribution in [0.4, 0.5) is 14.5 Å². The zero-order valence-electron chi connectivity index (χ0n) is 18.9. The van der Waals surface area contributed by atoms with Crippen molar-refractivity contribution in [1.29, 1.82) is 0 Å². The molecule has 2 rings (SSSR count). The van der Waals surface area contributed by atoms with Crippen molar-refractivity contribution in [3.8, 4) is 0 Å². The maximum Gasteiger partial charge on any atom is 0.244 e. The van der Waals surface area contributed by atoms with Gasteiger partial charge >= 0.3 is 0 Å². The van der Waals surface area contributed by atoms with Crippen LogP contribution in [0.1, 0.15) is 32.3 Å². The maximum atomic E-state index is 14.3. The first-order chi connectivity index (χ1) is 15.5. The van der Waals surface area contributed by atoms with E-state index in [0.29, 0.717) is 6.54 Å². The van der Waals surface area contributed by atoms with Crippen molar-refractivity contribution in [1.82, 2.24) is 10.2 Å². The largest absolute Gasteiger partial charge is 0.354 e.